The summed E-state index contributed by atoms with van der Waals surface area (Å²) in [5.41, 5.74) is 0. The minimum atomic E-state index is -0.00181. The number of ether oxygens (including phenoxy) is 1. The molecule has 0 aromatic heterocycles. The van der Waals surface area contributed by atoms with E-state index in [1.54, 1.807) is 0 Å². The monoisotopic (exact) mass is 299 g/mol. The Morgan fingerprint density at radius 1 is 1.31 bits per heavy atom. The molecule has 0 rings (SSSR count). The first-order valence-electron chi connectivity index (χ1n) is 4.90. The van der Waals surface area contributed by atoms with Crippen molar-refractivity contribution in [2.75, 3.05) is 16.0 Å². The molecule has 0 fully saturated rings. The summed E-state index contributed by atoms with van der Waals surface area (Å²) in [5.74, 6) is -0.00181. The summed E-state index contributed by atoms with van der Waals surface area (Å²) >= 11 is 0.247. The van der Waals surface area contributed by atoms with Gasteiger partial charge in [-0.25, -0.2) is 0 Å². The molecule has 13 heavy (non-hydrogen) atoms. The van der Waals surface area contributed by atoms with Crippen molar-refractivity contribution in [2.45, 2.75) is 39.0 Å². The van der Waals surface area contributed by atoms with Crippen LogP contribution in [0.5, 0.6) is 0 Å². The Balaban J connectivity index is 3.08. The number of esters is 1. The van der Waals surface area contributed by atoms with Crippen LogP contribution in [0, 0.1) is 0 Å². The molecule has 0 saturated carbocycles. The van der Waals surface area contributed by atoms with E-state index in [1.165, 1.54) is 19.3 Å². The normalized spacial score (nSPS) is 10.3. The number of hydrogen-bond acceptors (Lipinski definition) is 2. The van der Waals surface area contributed by atoms with Crippen molar-refractivity contribution in [3.05, 3.63) is 0 Å². The van der Waals surface area contributed by atoms with Crippen LogP contribution in [0.25, 0.3) is 0 Å². The van der Waals surface area contributed by atoms with E-state index >= 15 is 0 Å². The van der Waals surface area contributed by atoms with Crippen LogP contribution in [0.15, 0.2) is 0 Å². The van der Waals surface area contributed by atoms with Crippen molar-refractivity contribution in [2.24, 2.45) is 0 Å². The van der Waals surface area contributed by atoms with Crippen molar-refractivity contribution < 1.29 is 30.7 Å². The van der Waals surface area contributed by atoms with Gasteiger partial charge in [0.05, 0.1) is 0 Å². The number of carbonyl (C=O) groups is 1. The van der Waals surface area contributed by atoms with Crippen molar-refractivity contribution in [3.8, 4) is 0 Å². The molecule has 0 bridgehead atoms. The van der Waals surface area contributed by atoms with E-state index < -0.39 is 0 Å². The first-order chi connectivity index (χ1) is 6.31. The van der Waals surface area contributed by atoms with Crippen LogP contribution in [0.2, 0.25) is 0 Å². The predicted molar refractivity (Wildman–Crippen MR) is 50.5 cm³/mol. The van der Waals surface area contributed by atoms with E-state index in [1.807, 2.05) is 0 Å². The summed E-state index contributed by atoms with van der Waals surface area (Å²) in [6.07, 6.45) is 5.33. The summed E-state index contributed by atoms with van der Waals surface area (Å²) in [6.45, 7) is 2.80. The van der Waals surface area contributed by atoms with E-state index in [4.69, 9.17) is 4.74 Å². The number of hydrogen-bond donors (Lipinski definition) is 0. The topological polar surface area (TPSA) is 26.3 Å². The molecule has 0 N–H and O–H groups in total. The Kier molecular flexibility index (Phi) is 10.4. The van der Waals surface area contributed by atoms with Gasteiger partial charge >= 0.3 is 91.7 Å². The van der Waals surface area contributed by atoms with Crippen LogP contribution < -0.4 is 21.2 Å². The van der Waals surface area contributed by atoms with Gasteiger partial charge in [0.2, 0.25) is 0 Å². The van der Waals surface area contributed by atoms with Crippen LogP contribution in [0.3, 0.4) is 0 Å². The molecular weight excluding hydrogens is 279 g/mol. The molecule has 0 radical (unpaired) electrons. The zero-order chi connectivity index (χ0) is 9.94. The number of rotatable bonds is 8. The molecule has 0 unspecified atom stereocenters. The average molecular weight is 299 g/mol. The van der Waals surface area contributed by atoms with Crippen molar-refractivity contribution in [1.29, 1.82) is 0 Å². The molecule has 0 saturated heterocycles. The van der Waals surface area contributed by atoms with Gasteiger partial charge < -0.3 is 0 Å². The molecule has 0 aromatic rings. The maximum atomic E-state index is 11.0. The van der Waals surface area contributed by atoms with Crippen molar-refractivity contribution in [1.82, 2.24) is 0 Å². The van der Waals surface area contributed by atoms with Gasteiger partial charge in [-0.3, -0.25) is 0 Å². The third kappa shape index (κ3) is 10.1. The fourth-order valence-corrected chi connectivity index (χ4v) is 1.94. The molecule has 80 valence electrons. The van der Waals surface area contributed by atoms with Crippen molar-refractivity contribution in [3.63, 3.8) is 0 Å². The third-order valence-electron chi connectivity index (χ3n) is 1.75. The molecule has 0 heterocycles. The maximum absolute atomic E-state index is 11.0. The van der Waals surface area contributed by atoms with Gasteiger partial charge in [-0.2, -0.15) is 0 Å². The predicted octanol–water partition coefficient (Wildman–Crippen LogP) is -0.781. The van der Waals surface area contributed by atoms with E-state index in [-0.39, 0.29) is 27.2 Å². The molecule has 0 amide bonds. The van der Waals surface area contributed by atoms with Crippen molar-refractivity contribution >= 4 is 5.97 Å². The molecule has 0 aliphatic heterocycles. The summed E-state index contributed by atoms with van der Waals surface area (Å²) in [6, 6.07) is 0. The van der Waals surface area contributed by atoms with E-state index in [0.717, 1.165) is 10.8 Å². The van der Waals surface area contributed by atoms with Gasteiger partial charge in [0.15, 0.2) is 0 Å². The molecule has 3 heteroatoms. The second-order valence-electron chi connectivity index (χ2n) is 2.99. The number of unbranched alkanes of at least 4 members (excludes halogenated alkanes) is 3. The minimum absolute atomic E-state index is 0.00181. The molecule has 0 aliphatic rings. The first-order valence-corrected chi connectivity index (χ1v) is 8.59. The standard InChI is InChI=1S/C10H20IO2/c1-3-4-5-6-9-13-10(12)7-8-11-2/h3-9H2,1-2H3/q-1. The van der Waals surface area contributed by atoms with Gasteiger partial charge in [0, 0.05) is 0 Å². The zero-order valence-corrected chi connectivity index (χ0v) is 10.8. The second-order valence-corrected chi connectivity index (χ2v) is 5.59. The first kappa shape index (κ1) is 13.2. The number of carbonyl (C=O) groups excluding carboxylic acids is 1. The quantitative estimate of drug-likeness (QED) is 0.254. The summed E-state index contributed by atoms with van der Waals surface area (Å²) in [4.78, 5) is 13.2. The van der Waals surface area contributed by atoms with Gasteiger partial charge in [-0.15, -0.1) is 0 Å². The summed E-state index contributed by atoms with van der Waals surface area (Å²) < 4.78 is 6.13. The fraction of sp³-hybridized carbons (Fsp3) is 0.900. The van der Waals surface area contributed by atoms with Gasteiger partial charge in [0.1, 0.15) is 0 Å². The molecule has 0 atom stereocenters. The fourth-order valence-electron chi connectivity index (χ4n) is 0.959. The van der Waals surface area contributed by atoms with Crippen LogP contribution >= 0.6 is 0 Å². The molecule has 0 aromatic carbocycles. The number of alkyl halides is 2. The van der Waals surface area contributed by atoms with E-state index in [9.17, 15) is 4.79 Å². The molecule has 0 aliphatic carbocycles. The Labute approximate surface area is 91.7 Å². The van der Waals surface area contributed by atoms with E-state index in [2.05, 4.69) is 11.9 Å². The van der Waals surface area contributed by atoms with Crippen LogP contribution in [0.1, 0.15) is 39.0 Å². The van der Waals surface area contributed by atoms with Crippen LogP contribution in [-0.4, -0.2) is 21.9 Å². The van der Waals surface area contributed by atoms with Crippen LogP contribution in [-0.2, 0) is 9.53 Å². The Bertz CT molecular complexity index is 126. The molecule has 2 nitrogen and oxygen atoms in total. The Morgan fingerprint density at radius 2 is 2.08 bits per heavy atom. The molecule has 0 spiro atoms. The Hall–Kier alpha value is 0.200. The molecular formula is C10H20IO2-. The van der Waals surface area contributed by atoms with Gasteiger partial charge in [0.25, 0.3) is 0 Å². The summed E-state index contributed by atoms with van der Waals surface area (Å²) in [7, 11) is 0. The number of halogens is 1. The zero-order valence-electron chi connectivity index (χ0n) is 8.64. The second kappa shape index (κ2) is 10.3. The van der Waals surface area contributed by atoms with Gasteiger partial charge in [-0.1, -0.05) is 0 Å². The SMILES string of the molecule is CCCCCCOC(=O)CC[I-]C. The van der Waals surface area contributed by atoms with Gasteiger partial charge in [-0.05, 0) is 0 Å². The third-order valence-corrected chi connectivity index (χ3v) is 3.37. The average Bonchev–Trinajstić information content (AvgIpc) is 2.14. The Morgan fingerprint density at radius 3 is 2.69 bits per heavy atom. The van der Waals surface area contributed by atoms with Crippen LogP contribution in [0.4, 0.5) is 0 Å². The van der Waals surface area contributed by atoms with E-state index in [0.29, 0.717) is 13.0 Å². The summed E-state index contributed by atoms with van der Waals surface area (Å²) in [5, 5.41) is 0.